The summed E-state index contributed by atoms with van der Waals surface area (Å²) < 4.78 is 44.4. The summed E-state index contributed by atoms with van der Waals surface area (Å²) in [6.07, 6.45) is -2.02. The van der Waals surface area contributed by atoms with Crippen LogP contribution in [-0.4, -0.2) is 28.8 Å². The third-order valence-corrected chi connectivity index (χ3v) is 2.13. The third kappa shape index (κ3) is 2.85. The van der Waals surface area contributed by atoms with E-state index in [2.05, 4.69) is 14.9 Å². The lowest BCUT2D eigenvalue weighted by molar-refractivity contribution is -0.355. The topological polar surface area (TPSA) is 47.1 Å². The molecule has 1 N–H and O–H groups in total. The molecule has 1 heterocycles. The molecule has 0 bridgehead atoms. The average Bonchev–Trinajstić information content (AvgIpc) is 2.50. The maximum Gasteiger partial charge on any atom is 0.522 e. The average molecular weight is 222 g/mol. The van der Waals surface area contributed by atoms with E-state index in [1.54, 1.807) is 0 Å². The maximum atomic E-state index is 11.8. The van der Waals surface area contributed by atoms with E-state index in [1.165, 1.54) is 12.4 Å². The van der Waals surface area contributed by atoms with Crippen molar-refractivity contribution in [2.24, 2.45) is 0 Å². The van der Waals surface area contributed by atoms with Crippen LogP contribution in [0.3, 0.4) is 0 Å². The van der Waals surface area contributed by atoms with Crippen LogP contribution in [0.1, 0.15) is 12.8 Å². The van der Waals surface area contributed by atoms with Gasteiger partial charge in [0.05, 0.1) is 18.5 Å². The summed E-state index contributed by atoms with van der Waals surface area (Å²) in [5, 5.41) is 6.20. The second kappa shape index (κ2) is 3.73. The van der Waals surface area contributed by atoms with Gasteiger partial charge < -0.3 is 4.74 Å². The molecule has 0 radical (unpaired) electrons. The van der Waals surface area contributed by atoms with Gasteiger partial charge in [-0.2, -0.15) is 5.10 Å². The van der Waals surface area contributed by atoms with E-state index < -0.39 is 12.5 Å². The first kappa shape index (κ1) is 10.3. The number of ether oxygens (including phenoxy) is 2. The Morgan fingerprint density at radius 1 is 1.33 bits per heavy atom. The van der Waals surface area contributed by atoms with Crippen molar-refractivity contribution >= 4 is 0 Å². The predicted molar refractivity (Wildman–Crippen MR) is 43.2 cm³/mol. The van der Waals surface area contributed by atoms with Crippen LogP contribution >= 0.6 is 0 Å². The zero-order valence-corrected chi connectivity index (χ0v) is 7.62. The van der Waals surface area contributed by atoms with Crippen molar-refractivity contribution in [3.63, 3.8) is 0 Å². The molecule has 7 heteroatoms. The van der Waals surface area contributed by atoms with Gasteiger partial charge in [0.1, 0.15) is 6.10 Å². The molecule has 0 aromatic carbocycles. The highest BCUT2D eigenvalue weighted by Crippen LogP contribution is 2.32. The van der Waals surface area contributed by atoms with Crippen LogP contribution < -0.4 is 4.74 Å². The first-order valence-electron chi connectivity index (χ1n) is 4.43. The summed E-state index contributed by atoms with van der Waals surface area (Å²) in [4.78, 5) is 0. The standard InChI is InChI=1S/C8H9F3N2O2/c9-8(10,11)15-6-1-5(2-6)14-7-3-12-13-4-7/h3-6H,1-2H2,(H,12,13)/t5-,6+. The number of aromatic nitrogens is 2. The van der Waals surface area contributed by atoms with Gasteiger partial charge in [-0.05, 0) is 0 Å². The first-order valence-corrected chi connectivity index (χ1v) is 4.43. The lowest BCUT2D eigenvalue weighted by atomic mass is 9.92. The van der Waals surface area contributed by atoms with Crippen molar-refractivity contribution in [2.45, 2.75) is 31.4 Å². The minimum atomic E-state index is -4.55. The van der Waals surface area contributed by atoms with Crippen LogP contribution in [0.4, 0.5) is 13.2 Å². The van der Waals surface area contributed by atoms with E-state index in [0.717, 1.165) is 0 Å². The molecule has 1 saturated carbocycles. The molecule has 0 atom stereocenters. The van der Waals surface area contributed by atoms with Crippen molar-refractivity contribution in [3.8, 4) is 5.75 Å². The second-order valence-electron chi connectivity index (χ2n) is 3.33. The number of hydrogen-bond donors (Lipinski definition) is 1. The molecule has 0 spiro atoms. The summed E-state index contributed by atoms with van der Waals surface area (Å²) in [7, 11) is 0. The number of rotatable bonds is 3. The zero-order valence-electron chi connectivity index (χ0n) is 7.62. The van der Waals surface area contributed by atoms with Gasteiger partial charge in [-0.25, -0.2) is 0 Å². The maximum absolute atomic E-state index is 11.8. The van der Waals surface area contributed by atoms with Crippen LogP contribution in [0.25, 0.3) is 0 Å². The zero-order chi connectivity index (χ0) is 10.9. The molecule has 1 aliphatic carbocycles. The fraction of sp³-hybridized carbons (Fsp3) is 0.625. The quantitative estimate of drug-likeness (QED) is 0.849. The Morgan fingerprint density at radius 2 is 2.07 bits per heavy atom. The molecule has 2 rings (SSSR count). The van der Waals surface area contributed by atoms with Gasteiger partial charge in [0, 0.05) is 12.8 Å². The Balaban J connectivity index is 1.70. The summed E-state index contributed by atoms with van der Waals surface area (Å²) in [5.74, 6) is 0.533. The minimum absolute atomic E-state index is 0.213. The van der Waals surface area contributed by atoms with Crippen LogP contribution in [-0.2, 0) is 4.74 Å². The molecule has 1 aromatic rings. The highest BCUT2D eigenvalue weighted by atomic mass is 19.4. The van der Waals surface area contributed by atoms with E-state index in [1.807, 2.05) is 0 Å². The number of H-pyrrole nitrogens is 1. The van der Waals surface area contributed by atoms with Gasteiger partial charge in [-0.3, -0.25) is 9.84 Å². The van der Waals surface area contributed by atoms with Crippen LogP contribution in [0.2, 0.25) is 0 Å². The summed E-state index contributed by atoms with van der Waals surface area (Å²) in [6.45, 7) is 0. The normalized spacial score (nSPS) is 26.1. The summed E-state index contributed by atoms with van der Waals surface area (Å²) in [6, 6.07) is 0. The number of halogens is 3. The Labute approximate surface area is 83.4 Å². The van der Waals surface area contributed by atoms with Crippen molar-refractivity contribution in [3.05, 3.63) is 12.4 Å². The lowest BCUT2D eigenvalue weighted by Gasteiger charge is -2.34. The Morgan fingerprint density at radius 3 is 2.60 bits per heavy atom. The summed E-state index contributed by atoms with van der Waals surface area (Å²) >= 11 is 0. The first-order chi connectivity index (χ1) is 7.03. The summed E-state index contributed by atoms with van der Waals surface area (Å²) in [5.41, 5.74) is 0. The molecule has 4 nitrogen and oxygen atoms in total. The number of aromatic amines is 1. The van der Waals surface area contributed by atoms with Crippen LogP contribution in [0.5, 0.6) is 5.75 Å². The van der Waals surface area contributed by atoms with Crippen molar-refractivity contribution in [1.29, 1.82) is 0 Å². The Kier molecular flexibility index (Phi) is 2.56. The molecule has 0 saturated heterocycles. The van der Waals surface area contributed by atoms with Crippen molar-refractivity contribution in [1.82, 2.24) is 10.2 Å². The number of hydrogen-bond acceptors (Lipinski definition) is 3. The molecule has 1 fully saturated rings. The molecule has 1 aromatic heterocycles. The van der Waals surface area contributed by atoms with Crippen molar-refractivity contribution < 1.29 is 22.6 Å². The third-order valence-electron chi connectivity index (χ3n) is 2.13. The molecule has 0 aliphatic heterocycles. The SMILES string of the molecule is FC(F)(F)O[C@H]1C[C@@H](Oc2cn[nH]c2)C1. The minimum Gasteiger partial charge on any atom is -0.487 e. The van der Waals surface area contributed by atoms with Gasteiger partial charge >= 0.3 is 6.36 Å². The fourth-order valence-corrected chi connectivity index (χ4v) is 1.39. The predicted octanol–water partition coefficient (Wildman–Crippen LogP) is 1.86. The van der Waals surface area contributed by atoms with E-state index in [4.69, 9.17) is 4.74 Å². The van der Waals surface area contributed by atoms with Crippen LogP contribution in [0.15, 0.2) is 12.4 Å². The van der Waals surface area contributed by atoms with Crippen LogP contribution in [0, 0.1) is 0 Å². The van der Waals surface area contributed by atoms with Crippen molar-refractivity contribution in [2.75, 3.05) is 0 Å². The monoisotopic (exact) mass is 222 g/mol. The molecular formula is C8H9F3N2O2. The highest BCUT2D eigenvalue weighted by molar-refractivity contribution is 5.11. The molecule has 0 unspecified atom stereocenters. The number of alkyl halides is 3. The Hall–Kier alpha value is -1.24. The highest BCUT2D eigenvalue weighted by Gasteiger charge is 2.41. The van der Waals surface area contributed by atoms with E-state index in [9.17, 15) is 13.2 Å². The molecule has 0 amide bonds. The second-order valence-corrected chi connectivity index (χ2v) is 3.33. The molecular weight excluding hydrogens is 213 g/mol. The van der Waals surface area contributed by atoms with E-state index >= 15 is 0 Å². The molecule has 15 heavy (non-hydrogen) atoms. The van der Waals surface area contributed by atoms with E-state index in [-0.39, 0.29) is 18.9 Å². The van der Waals surface area contributed by atoms with Gasteiger partial charge in [0.25, 0.3) is 0 Å². The number of nitrogens with one attached hydrogen (secondary N) is 1. The largest absolute Gasteiger partial charge is 0.522 e. The Bertz CT molecular complexity index is 306. The van der Waals surface area contributed by atoms with Gasteiger partial charge in [-0.15, -0.1) is 13.2 Å². The van der Waals surface area contributed by atoms with E-state index in [0.29, 0.717) is 5.75 Å². The van der Waals surface area contributed by atoms with Gasteiger partial charge in [0.15, 0.2) is 5.75 Å². The molecule has 1 aliphatic rings. The molecule has 84 valence electrons. The lowest BCUT2D eigenvalue weighted by Crippen LogP contribution is -2.42. The van der Waals surface area contributed by atoms with Gasteiger partial charge in [0.2, 0.25) is 0 Å². The smallest absolute Gasteiger partial charge is 0.487 e. The fourth-order valence-electron chi connectivity index (χ4n) is 1.39. The van der Waals surface area contributed by atoms with Gasteiger partial charge in [-0.1, -0.05) is 0 Å². The number of nitrogens with zero attached hydrogens (tertiary/aromatic N) is 1.